The van der Waals surface area contributed by atoms with Crippen LogP contribution in [-0.2, 0) is 19.4 Å². The Morgan fingerprint density at radius 3 is 2.56 bits per heavy atom. The monoisotopic (exact) mass is 361 g/mol. The lowest BCUT2D eigenvalue weighted by atomic mass is 9.93. The van der Waals surface area contributed by atoms with Crippen molar-refractivity contribution in [1.82, 2.24) is 15.6 Å². The lowest BCUT2D eigenvalue weighted by molar-refractivity contribution is 0.0880. The van der Waals surface area contributed by atoms with E-state index in [-0.39, 0.29) is 17.4 Å². The van der Waals surface area contributed by atoms with Crippen molar-refractivity contribution in [3.63, 3.8) is 0 Å². The van der Waals surface area contributed by atoms with Crippen LogP contribution in [0.15, 0.2) is 18.2 Å². The van der Waals surface area contributed by atoms with Gasteiger partial charge in [0.2, 0.25) is 0 Å². The highest BCUT2D eigenvalue weighted by molar-refractivity contribution is 6.31. The van der Waals surface area contributed by atoms with Gasteiger partial charge >= 0.3 is 0 Å². The van der Waals surface area contributed by atoms with E-state index in [0.717, 1.165) is 58.7 Å². The molecule has 1 aliphatic carbocycles. The zero-order valence-electron chi connectivity index (χ0n) is 15.9. The van der Waals surface area contributed by atoms with Gasteiger partial charge in [-0.25, -0.2) is 0 Å². The number of fused-ring (bicyclic) bond motifs is 8. The molecule has 5 heteroatoms. The molecule has 2 amide bonds. The molecule has 1 aromatic heterocycles. The normalized spacial score (nSPS) is 16.3. The minimum atomic E-state index is -0.270. The summed E-state index contributed by atoms with van der Waals surface area (Å²) in [5, 5.41) is 7.95. The molecular formula is C22H23N3O2. The third-order valence-corrected chi connectivity index (χ3v) is 5.69. The molecule has 0 unspecified atom stereocenters. The number of rotatable bonds is 2. The zero-order chi connectivity index (χ0) is 18.9. The second kappa shape index (κ2) is 5.42. The van der Waals surface area contributed by atoms with E-state index in [4.69, 9.17) is 0 Å². The van der Waals surface area contributed by atoms with Crippen LogP contribution in [0.4, 0.5) is 0 Å². The van der Waals surface area contributed by atoms with E-state index in [1.807, 2.05) is 0 Å². The van der Waals surface area contributed by atoms with Crippen molar-refractivity contribution < 1.29 is 9.59 Å². The molecule has 0 spiro atoms. The number of carbonyl (C=O) groups is 2. The van der Waals surface area contributed by atoms with Crippen LogP contribution in [-0.4, -0.2) is 22.3 Å². The number of amides is 2. The number of hydrogen-bond acceptors (Lipinski definition) is 3. The first-order valence-corrected chi connectivity index (χ1v) is 9.56. The summed E-state index contributed by atoms with van der Waals surface area (Å²) in [7, 11) is 0. The first-order chi connectivity index (χ1) is 12.8. The summed E-state index contributed by atoms with van der Waals surface area (Å²) in [6, 6.07) is 6.34. The molecule has 1 aliphatic heterocycles. The zero-order valence-corrected chi connectivity index (χ0v) is 15.9. The Kier molecular flexibility index (Phi) is 3.32. The molecule has 2 aliphatic rings. The Morgan fingerprint density at radius 2 is 1.78 bits per heavy atom. The molecule has 3 aromatic rings. The van der Waals surface area contributed by atoms with E-state index in [1.54, 1.807) is 0 Å². The van der Waals surface area contributed by atoms with Crippen molar-refractivity contribution in [2.75, 3.05) is 0 Å². The maximum Gasteiger partial charge on any atom is 0.259 e. The number of aromatic amines is 1. The molecule has 0 atom stereocenters. The Morgan fingerprint density at radius 1 is 1.04 bits per heavy atom. The number of nitrogens with one attached hydrogen (secondary N) is 3. The molecule has 2 aromatic carbocycles. The highest BCUT2D eigenvalue weighted by Gasteiger charge is 2.36. The Bertz CT molecular complexity index is 1150. The molecule has 5 nitrogen and oxygen atoms in total. The fourth-order valence-corrected chi connectivity index (χ4v) is 4.48. The molecule has 0 radical (unpaired) electrons. The number of benzene rings is 2. The van der Waals surface area contributed by atoms with Gasteiger partial charge in [-0.1, -0.05) is 6.07 Å². The summed E-state index contributed by atoms with van der Waals surface area (Å²) in [5.74, 6) is -0.510. The van der Waals surface area contributed by atoms with Crippen LogP contribution in [0.3, 0.4) is 0 Å². The fourth-order valence-electron chi connectivity index (χ4n) is 4.48. The predicted octanol–water partition coefficient (Wildman–Crippen LogP) is 3.58. The lowest BCUT2D eigenvalue weighted by Gasteiger charge is -2.20. The van der Waals surface area contributed by atoms with Gasteiger partial charge in [0.15, 0.2) is 0 Å². The topological polar surface area (TPSA) is 74.0 Å². The maximum atomic E-state index is 12.6. The molecule has 3 N–H and O–H groups in total. The Labute approximate surface area is 157 Å². The number of hydrogen-bond donors (Lipinski definition) is 3. The quantitative estimate of drug-likeness (QED) is 0.611. The first kappa shape index (κ1) is 16.5. The Hall–Kier alpha value is -2.66. The van der Waals surface area contributed by atoms with Crippen molar-refractivity contribution >= 4 is 33.6 Å². The van der Waals surface area contributed by atoms with Gasteiger partial charge in [-0.05, 0) is 68.9 Å². The van der Waals surface area contributed by atoms with Crippen molar-refractivity contribution in [2.45, 2.75) is 52.1 Å². The largest absolute Gasteiger partial charge is 0.354 e. The third-order valence-electron chi connectivity index (χ3n) is 5.69. The van der Waals surface area contributed by atoms with Crippen LogP contribution in [0.5, 0.6) is 0 Å². The lowest BCUT2D eigenvalue weighted by Crippen LogP contribution is -2.35. The van der Waals surface area contributed by atoms with Gasteiger partial charge in [0.05, 0.1) is 16.6 Å². The molecule has 138 valence electrons. The van der Waals surface area contributed by atoms with Gasteiger partial charge in [0.25, 0.3) is 11.8 Å². The second-order valence-corrected chi connectivity index (χ2v) is 8.70. The predicted molar refractivity (Wildman–Crippen MR) is 106 cm³/mol. The highest BCUT2D eigenvalue weighted by Crippen LogP contribution is 2.41. The van der Waals surface area contributed by atoms with E-state index < -0.39 is 0 Å². The maximum absolute atomic E-state index is 12.6. The van der Waals surface area contributed by atoms with Crippen LogP contribution in [0.25, 0.3) is 21.8 Å². The molecule has 5 rings (SSSR count). The van der Waals surface area contributed by atoms with Gasteiger partial charge in [0.1, 0.15) is 0 Å². The number of carbonyl (C=O) groups excluding carboxylic acids is 2. The smallest absolute Gasteiger partial charge is 0.259 e. The molecule has 0 saturated carbocycles. The second-order valence-electron chi connectivity index (χ2n) is 8.70. The molecule has 27 heavy (non-hydrogen) atoms. The molecule has 0 fully saturated rings. The number of aromatic nitrogens is 1. The average Bonchev–Trinajstić information content (AvgIpc) is 3.27. The van der Waals surface area contributed by atoms with Gasteiger partial charge < -0.3 is 10.3 Å². The summed E-state index contributed by atoms with van der Waals surface area (Å²) in [5.41, 5.74) is 6.67. The minimum Gasteiger partial charge on any atom is -0.354 e. The Balaban J connectivity index is 1.79. The molecular weight excluding hydrogens is 338 g/mol. The minimum absolute atomic E-state index is 0.0313. The summed E-state index contributed by atoms with van der Waals surface area (Å²) < 4.78 is 0. The van der Waals surface area contributed by atoms with E-state index in [9.17, 15) is 9.59 Å². The van der Waals surface area contributed by atoms with Gasteiger partial charge in [-0.15, -0.1) is 0 Å². The number of aryl methyl sites for hydroxylation is 1. The van der Waals surface area contributed by atoms with E-state index in [1.165, 1.54) is 5.56 Å². The summed E-state index contributed by atoms with van der Waals surface area (Å²) in [6.45, 7) is 7.18. The van der Waals surface area contributed by atoms with Crippen LogP contribution in [0, 0.1) is 0 Å². The van der Waals surface area contributed by atoms with E-state index >= 15 is 0 Å². The summed E-state index contributed by atoms with van der Waals surface area (Å²) >= 11 is 0. The van der Waals surface area contributed by atoms with E-state index in [0.29, 0.717) is 11.1 Å². The third kappa shape index (κ3) is 2.42. The van der Waals surface area contributed by atoms with Crippen LogP contribution in [0.2, 0.25) is 0 Å². The average molecular weight is 361 g/mol. The standard InChI is InChI=1S/C22H23N3O2/c1-22(2,3)23-10-11-7-8-15-14(9-11)16-18-17(20(26)25-21(18)27)12-5-4-6-13(12)19(16)24-15/h7-9,23-24H,4-6,10H2,1-3H3,(H,25,26,27). The number of H-pyrrole nitrogens is 1. The van der Waals surface area contributed by atoms with Gasteiger partial charge in [0, 0.05) is 28.4 Å². The summed E-state index contributed by atoms with van der Waals surface area (Å²) in [4.78, 5) is 28.6. The van der Waals surface area contributed by atoms with Crippen molar-refractivity contribution in [3.8, 4) is 0 Å². The number of imide groups is 1. The van der Waals surface area contributed by atoms with Crippen molar-refractivity contribution in [1.29, 1.82) is 0 Å². The highest BCUT2D eigenvalue weighted by atomic mass is 16.2. The molecule has 0 saturated heterocycles. The molecule has 0 bridgehead atoms. The van der Waals surface area contributed by atoms with Crippen molar-refractivity contribution in [3.05, 3.63) is 46.0 Å². The fraction of sp³-hybridized carbons (Fsp3) is 0.364. The van der Waals surface area contributed by atoms with Gasteiger partial charge in [-0.3, -0.25) is 14.9 Å². The SMILES string of the molecule is CC(C)(C)NCc1ccc2[nH]c3c4c(c5c(c3c2c1)C(=O)NC5=O)CCC4. The van der Waals surface area contributed by atoms with Crippen molar-refractivity contribution in [2.24, 2.45) is 0 Å². The van der Waals surface area contributed by atoms with Gasteiger partial charge in [-0.2, -0.15) is 0 Å². The summed E-state index contributed by atoms with van der Waals surface area (Å²) in [6.07, 6.45) is 2.84. The van der Waals surface area contributed by atoms with Crippen LogP contribution >= 0.6 is 0 Å². The first-order valence-electron chi connectivity index (χ1n) is 9.56. The molecule has 2 heterocycles. The van der Waals surface area contributed by atoms with Crippen LogP contribution < -0.4 is 10.6 Å². The van der Waals surface area contributed by atoms with E-state index in [2.05, 4.69) is 54.6 Å². The van der Waals surface area contributed by atoms with Crippen LogP contribution in [0.1, 0.15) is 64.6 Å².